The molecule has 19 heavy (non-hydrogen) atoms. The Bertz CT molecular complexity index is 432. The Morgan fingerprint density at radius 3 is 1.89 bits per heavy atom. The van der Waals surface area contributed by atoms with Crippen LogP contribution in [0.4, 0.5) is 4.39 Å². The van der Waals surface area contributed by atoms with Crippen molar-refractivity contribution < 1.29 is 23.6 Å². The van der Waals surface area contributed by atoms with Gasteiger partial charge in [-0.3, -0.25) is 0 Å². The molecule has 0 radical (unpaired) electrons. The van der Waals surface area contributed by atoms with Crippen LogP contribution in [-0.2, 0) is 19.2 Å². The van der Waals surface area contributed by atoms with Crippen molar-refractivity contribution in [2.45, 2.75) is 55.4 Å². The summed E-state index contributed by atoms with van der Waals surface area (Å²) in [7, 11) is -2.22. The molecule has 1 rings (SSSR count). The SMILES string of the molecule is CC(C)(C)[PH](c1cccc(F)c1)([CH](Cl)[Pd])C(C)(C)C. The molecule has 0 bridgehead atoms. The molecule has 1 unspecified atom stereocenters. The average molecular weight is 396 g/mol. The molecule has 0 fully saturated rings. The second kappa shape index (κ2) is 5.73. The van der Waals surface area contributed by atoms with Crippen LogP contribution in [-0.4, -0.2) is 13.9 Å². The quantitative estimate of drug-likeness (QED) is 0.380. The molecular formula is C15H24ClFPPd. The van der Waals surface area contributed by atoms with E-state index in [1.54, 1.807) is 12.1 Å². The van der Waals surface area contributed by atoms with Crippen molar-refractivity contribution in [3.05, 3.63) is 30.1 Å². The molecule has 0 heterocycles. The number of benzene rings is 1. The first-order valence-corrected chi connectivity index (χ1v) is 9.86. The fourth-order valence-electron chi connectivity index (χ4n) is 3.44. The van der Waals surface area contributed by atoms with E-state index in [1.807, 2.05) is 6.07 Å². The standard InChI is InChI=1S/C15H24ClFP.Pd/c1-14(2,3)18(11-16,15(4,5)6)13-9-7-8-12(17)10-13;/h7-11,18H,1-6H3;. The Labute approximate surface area is 133 Å². The molecule has 0 aliphatic heterocycles. The Morgan fingerprint density at radius 2 is 1.58 bits per heavy atom. The van der Waals surface area contributed by atoms with Crippen LogP contribution in [0.1, 0.15) is 41.5 Å². The molecule has 113 valence electrons. The van der Waals surface area contributed by atoms with E-state index in [0.717, 1.165) is 5.30 Å². The van der Waals surface area contributed by atoms with Crippen LogP contribution >= 0.6 is 18.9 Å². The summed E-state index contributed by atoms with van der Waals surface area (Å²) in [6.45, 7) is 13.3. The molecule has 0 N–H and O–H groups in total. The van der Waals surface area contributed by atoms with E-state index >= 15 is 0 Å². The van der Waals surface area contributed by atoms with Crippen LogP contribution in [0.15, 0.2) is 24.3 Å². The normalized spacial score (nSPS) is 16.3. The summed E-state index contributed by atoms with van der Waals surface area (Å²) in [5.41, 5.74) is 0. The zero-order valence-electron chi connectivity index (χ0n) is 12.5. The van der Waals surface area contributed by atoms with Crippen molar-refractivity contribution in [2.24, 2.45) is 0 Å². The topological polar surface area (TPSA) is 0 Å². The zero-order valence-corrected chi connectivity index (χ0v) is 15.8. The first-order valence-electron chi connectivity index (χ1n) is 6.45. The minimum absolute atomic E-state index is 0.0183. The molecule has 0 amide bonds. The Hall–Kier alpha value is 0.532. The van der Waals surface area contributed by atoms with Crippen molar-refractivity contribution in [1.29, 1.82) is 0 Å². The molecule has 0 aromatic heterocycles. The van der Waals surface area contributed by atoms with E-state index in [9.17, 15) is 4.39 Å². The third-order valence-corrected chi connectivity index (χ3v) is 13.5. The molecule has 1 aromatic rings. The van der Waals surface area contributed by atoms with Crippen LogP contribution < -0.4 is 5.30 Å². The van der Waals surface area contributed by atoms with E-state index in [0.29, 0.717) is 0 Å². The van der Waals surface area contributed by atoms with Gasteiger partial charge in [0.15, 0.2) is 0 Å². The van der Waals surface area contributed by atoms with Gasteiger partial charge >= 0.3 is 133 Å². The van der Waals surface area contributed by atoms with E-state index in [2.05, 4.69) is 60.7 Å². The number of alkyl halides is 1. The van der Waals surface area contributed by atoms with Gasteiger partial charge in [0, 0.05) is 0 Å². The van der Waals surface area contributed by atoms with Gasteiger partial charge < -0.3 is 0 Å². The fourth-order valence-corrected chi connectivity index (χ4v) is 16.7. The number of halogens is 2. The van der Waals surface area contributed by atoms with Gasteiger partial charge in [-0.2, -0.15) is 0 Å². The summed E-state index contributed by atoms with van der Waals surface area (Å²) in [5.74, 6) is -0.183. The van der Waals surface area contributed by atoms with Crippen LogP contribution in [0.2, 0.25) is 0 Å². The maximum atomic E-state index is 13.7. The fraction of sp³-hybridized carbons (Fsp3) is 0.600. The van der Waals surface area contributed by atoms with Crippen molar-refractivity contribution in [3.63, 3.8) is 0 Å². The van der Waals surface area contributed by atoms with Gasteiger partial charge in [0.05, 0.1) is 0 Å². The van der Waals surface area contributed by atoms with Gasteiger partial charge in [-0.05, 0) is 0 Å². The summed E-state index contributed by atoms with van der Waals surface area (Å²) in [5, 5.41) is 1.12. The van der Waals surface area contributed by atoms with Crippen LogP contribution in [0, 0.1) is 5.82 Å². The molecule has 1 aromatic carbocycles. The summed E-state index contributed by atoms with van der Waals surface area (Å²) < 4.78 is 13.6. The number of hydrogen-bond donors (Lipinski definition) is 0. The molecule has 0 nitrogen and oxygen atoms in total. The molecule has 0 saturated heterocycles. The third-order valence-electron chi connectivity index (χ3n) is 3.95. The molecule has 0 saturated carbocycles. The predicted octanol–water partition coefficient (Wildman–Crippen LogP) is 4.87. The van der Waals surface area contributed by atoms with Gasteiger partial charge in [-0.25, -0.2) is 0 Å². The molecule has 4 heteroatoms. The van der Waals surface area contributed by atoms with Gasteiger partial charge in [0.25, 0.3) is 0 Å². The van der Waals surface area contributed by atoms with Crippen molar-refractivity contribution in [2.75, 3.05) is 0 Å². The maximum absolute atomic E-state index is 13.7. The van der Waals surface area contributed by atoms with Gasteiger partial charge in [-0.15, -0.1) is 0 Å². The number of hydrogen-bond acceptors (Lipinski definition) is 0. The summed E-state index contributed by atoms with van der Waals surface area (Å²) in [6, 6.07) is 6.99. The second-order valence-electron chi connectivity index (χ2n) is 7.09. The van der Waals surface area contributed by atoms with Crippen LogP contribution in [0.25, 0.3) is 0 Å². The predicted molar refractivity (Wildman–Crippen MR) is 83.5 cm³/mol. The molecular weight excluding hydrogens is 372 g/mol. The summed E-state index contributed by atoms with van der Waals surface area (Å²) in [6.07, 6.45) is 0. The first-order chi connectivity index (χ1) is 8.44. The van der Waals surface area contributed by atoms with Crippen LogP contribution in [0.5, 0.6) is 0 Å². The van der Waals surface area contributed by atoms with E-state index in [-0.39, 0.29) is 19.7 Å². The van der Waals surface area contributed by atoms with E-state index in [4.69, 9.17) is 11.6 Å². The van der Waals surface area contributed by atoms with Gasteiger partial charge in [0.2, 0.25) is 0 Å². The van der Waals surface area contributed by atoms with Crippen molar-refractivity contribution in [3.8, 4) is 0 Å². The zero-order chi connectivity index (χ0) is 15.1. The Balaban J connectivity index is 3.68. The Kier molecular flexibility index (Phi) is 5.30. The Morgan fingerprint density at radius 1 is 1.11 bits per heavy atom. The number of rotatable bonds is 2. The van der Waals surface area contributed by atoms with Crippen LogP contribution in [0.3, 0.4) is 0 Å². The second-order valence-corrected chi connectivity index (χ2v) is 15.8. The summed E-state index contributed by atoms with van der Waals surface area (Å²) >= 11 is 9.95. The molecule has 0 aliphatic rings. The van der Waals surface area contributed by atoms with Crippen molar-refractivity contribution >= 4 is 24.2 Å². The van der Waals surface area contributed by atoms with Gasteiger partial charge in [0.1, 0.15) is 0 Å². The van der Waals surface area contributed by atoms with E-state index in [1.165, 1.54) is 6.07 Å². The van der Waals surface area contributed by atoms with Gasteiger partial charge in [-0.1, -0.05) is 0 Å². The first kappa shape index (κ1) is 17.6. The summed E-state index contributed by atoms with van der Waals surface area (Å²) in [4.78, 5) is 0. The monoisotopic (exact) mass is 395 g/mol. The van der Waals surface area contributed by atoms with E-state index < -0.39 is 7.26 Å². The average Bonchev–Trinajstić information content (AvgIpc) is 2.12. The third kappa shape index (κ3) is 3.08. The minimum atomic E-state index is -2.22. The molecule has 0 aliphatic carbocycles. The molecule has 1 atom stereocenters. The molecule has 0 spiro atoms. The van der Waals surface area contributed by atoms with Crippen molar-refractivity contribution in [1.82, 2.24) is 0 Å².